The van der Waals surface area contributed by atoms with Gasteiger partial charge in [-0.15, -0.1) is 0 Å². The fraction of sp³-hybridized carbons (Fsp3) is 0.0455. The maximum atomic E-state index is 12.4. The maximum absolute atomic E-state index is 12.4. The molecule has 0 unspecified atom stereocenters. The van der Waals surface area contributed by atoms with Crippen LogP contribution in [0.1, 0.15) is 31.8 Å². The normalized spacial score (nSPS) is 10.8. The van der Waals surface area contributed by atoms with E-state index in [1.54, 1.807) is 42.5 Å². The molecular formula is C22H15Cl3N2O3. The standard InChI is InChI=1S/C22H15Cl3N2O3/c1-13-3-2-4-14(9-13)22(29)30-20-8-6-16(23)10-15(20)12-26-27-21(28)18-7-5-17(24)11-19(18)25/h2-12H,1H3,(H,27,28)/b26-12+. The number of halogens is 3. The zero-order valence-electron chi connectivity index (χ0n) is 15.7. The summed E-state index contributed by atoms with van der Waals surface area (Å²) in [6, 6.07) is 16.2. The predicted molar refractivity (Wildman–Crippen MR) is 119 cm³/mol. The molecule has 0 aromatic heterocycles. The lowest BCUT2D eigenvalue weighted by Gasteiger charge is -2.08. The smallest absolute Gasteiger partial charge is 0.343 e. The summed E-state index contributed by atoms with van der Waals surface area (Å²) in [5.74, 6) is -0.797. The quantitative estimate of drug-likeness (QED) is 0.221. The summed E-state index contributed by atoms with van der Waals surface area (Å²) < 4.78 is 5.48. The Labute approximate surface area is 188 Å². The molecule has 0 fully saturated rings. The molecule has 0 heterocycles. The van der Waals surface area contributed by atoms with Gasteiger partial charge in [-0.3, -0.25) is 4.79 Å². The van der Waals surface area contributed by atoms with E-state index in [-0.39, 0.29) is 16.3 Å². The minimum absolute atomic E-state index is 0.200. The number of benzene rings is 3. The molecule has 0 aliphatic rings. The number of aryl methyl sites for hydroxylation is 1. The number of hydrogen-bond acceptors (Lipinski definition) is 4. The van der Waals surface area contributed by atoms with Crippen LogP contribution >= 0.6 is 34.8 Å². The van der Waals surface area contributed by atoms with Crippen molar-refractivity contribution >= 4 is 52.9 Å². The molecule has 1 amide bonds. The van der Waals surface area contributed by atoms with Crippen LogP contribution in [0.4, 0.5) is 0 Å². The zero-order chi connectivity index (χ0) is 21.7. The maximum Gasteiger partial charge on any atom is 0.343 e. The largest absolute Gasteiger partial charge is 0.422 e. The molecule has 0 bridgehead atoms. The van der Waals surface area contributed by atoms with Crippen molar-refractivity contribution in [2.24, 2.45) is 5.10 Å². The van der Waals surface area contributed by atoms with Gasteiger partial charge in [-0.1, -0.05) is 52.5 Å². The van der Waals surface area contributed by atoms with Crippen molar-refractivity contribution in [3.63, 3.8) is 0 Å². The topological polar surface area (TPSA) is 67.8 Å². The zero-order valence-corrected chi connectivity index (χ0v) is 17.9. The number of esters is 1. The third kappa shape index (κ3) is 5.60. The van der Waals surface area contributed by atoms with Gasteiger partial charge >= 0.3 is 5.97 Å². The van der Waals surface area contributed by atoms with E-state index in [0.717, 1.165) is 5.56 Å². The van der Waals surface area contributed by atoms with Crippen molar-refractivity contribution in [2.45, 2.75) is 6.92 Å². The van der Waals surface area contributed by atoms with Gasteiger partial charge < -0.3 is 4.74 Å². The number of amides is 1. The highest BCUT2D eigenvalue weighted by Crippen LogP contribution is 2.23. The predicted octanol–water partition coefficient (Wildman–Crippen LogP) is 5.94. The summed E-state index contributed by atoms with van der Waals surface area (Å²) in [7, 11) is 0. The van der Waals surface area contributed by atoms with Gasteiger partial charge in [-0.25, -0.2) is 10.2 Å². The van der Waals surface area contributed by atoms with Crippen LogP contribution in [0.15, 0.2) is 65.8 Å². The van der Waals surface area contributed by atoms with Crippen LogP contribution in [0.3, 0.4) is 0 Å². The molecule has 8 heteroatoms. The van der Waals surface area contributed by atoms with Crippen molar-refractivity contribution in [3.05, 3.63) is 98.0 Å². The SMILES string of the molecule is Cc1cccc(C(=O)Oc2ccc(Cl)cc2/C=N/NC(=O)c2ccc(Cl)cc2Cl)c1. The summed E-state index contributed by atoms with van der Waals surface area (Å²) in [5.41, 5.74) is 4.34. The van der Waals surface area contributed by atoms with Crippen molar-refractivity contribution in [2.75, 3.05) is 0 Å². The first-order valence-corrected chi connectivity index (χ1v) is 9.84. The van der Waals surface area contributed by atoms with Crippen LogP contribution < -0.4 is 10.2 Å². The monoisotopic (exact) mass is 460 g/mol. The Morgan fingerprint density at radius 1 is 0.967 bits per heavy atom. The van der Waals surface area contributed by atoms with E-state index in [1.165, 1.54) is 18.3 Å². The molecule has 30 heavy (non-hydrogen) atoms. The van der Waals surface area contributed by atoms with Crippen LogP contribution in [0.2, 0.25) is 15.1 Å². The fourth-order valence-corrected chi connectivity index (χ4v) is 3.21. The Kier molecular flexibility index (Phi) is 7.11. The molecule has 0 saturated heterocycles. The second-order valence-electron chi connectivity index (χ2n) is 6.26. The van der Waals surface area contributed by atoms with Gasteiger partial charge in [0.15, 0.2) is 0 Å². The summed E-state index contributed by atoms with van der Waals surface area (Å²) in [6.45, 7) is 1.88. The number of ether oxygens (including phenoxy) is 1. The summed E-state index contributed by atoms with van der Waals surface area (Å²) in [4.78, 5) is 24.7. The molecule has 3 aromatic carbocycles. The lowest BCUT2D eigenvalue weighted by molar-refractivity contribution is 0.0734. The van der Waals surface area contributed by atoms with Crippen LogP contribution in [0, 0.1) is 6.92 Å². The van der Waals surface area contributed by atoms with Gasteiger partial charge in [-0.05, 0) is 55.5 Å². The van der Waals surface area contributed by atoms with E-state index >= 15 is 0 Å². The number of hydrazone groups is 1. The Morgan fingerprint density at radius 2 is 1.70 bits per heavy atom. The van der Waals surface area contributed by atoms with Crippen molar-refractivity contribution in [3.8, 4) is 5.75 Å². The highest BCUT2D eigenvalue weighted by Gasteiger charge is 2.13. The van der Waals surface area contributed by atoms with Gasteiger partial charge in [0.2, 0.25) is 0 Å². The fourth-order valence-electron chi connectivity index (χ4n) is 2.54. The molecule has 0 atom stereocenters. The van der Waals surface area contributed by atoms with Crippen molar-refractivity contribution in [1.29, 1.82) is 0 Å². The highest BCUT2D eigenvalue weighted by atomic mass is 35.5. The molecule has 0 aliphatic heterocycles. The van der Waals surface area contributed by atoms with E-state index in [2.05, 4.69) is 10.5 Å². The number of hydrogen-bond donors (Lipinski definition) is 1. The third-order valence-corrected chi connectivity index (χ3v) is 4.76. The minimum Gasteiger partial charge on any atom is -0.422 e. The number of carbonyl (C=O) groups excluding carboxylic acids is 2. The van der Waals surface area contributed by atoms with Gasteiger partial charge in [0.05, 0.1) is 22.4 Å². The summed E-state index contributed by atoms with van der Waals surface area (Å²) in [6.07, 6.45) is 1.33. The van der Waals surface area contributed by atoms with Crippen LogP contribution in [0.25, 0.3) is 0 Å². The summed E-state index contributed by atoms with van der Waals surface area (Å²) >= 11 is 17.9. The first-order chi connectivity index (χ1) is 14.3. The molecule has 0 spiro atoms. The minimum atomic E-state index is -0.521. The van der Waals surface area contributed by atoms with E-state index < -0.39 is 11.9 Å². The van der Waals surface area contributed by atoms with Crippen molar-refractivity contribution in [1.82, 2.24) is 5.43 Å². The average molecular weight is 462 g/mol. The molecular weight excluding hydrogens is 447 g/mol. The van der Waals surface area contributed by atoms with Crippen LogP contribution in [-0.2, 0) is 0 Å². The molecule has 0 radical (unpaired) electrons. The van der Waals surface area contributed by atoms with Gasteiger partial charge in [0.1, 0.15) is 5.75 Å². The second kappa shape index (κ2) is 9.76. The molecule has 3 rings (SSSR count). The third-order valence-electron chi connectivity index (χ3n) is 3.97. The Balaban J connectivity index is 1.76. The lowest BCUT2D eigenvalue weighted by Crippen LogP contribution is -2.18. The molecule has 0 saturated carbocycles. The molecule has 5 nitrogen and oxygen atoms in total. The first-order valence-electron chi connectivity index (χ1n) is 8.70. The van der Waals surface area contributed by atoms with E-state index in [0.29, 0.717) is 21.2 Å². The first kappa shape index (κ1) is 21.8. The van der Waals surface area contributed by atoms with E-state index in [9.17, 15) is 9.59 Å². The number of carbonyl (C=O) groups is 2. The number of nitrogens with one attached hydrogen (secondary N) is 1. The Morgan fingerprint density at radius 3 is 2.43 bits per heavy atom. The highest BCUT2D eigenvalue weighted by molar-refractivity contribution is 6.36. The lowest BCUT2D eigenvalue weighted by atomic mass is 10.1. The summed E-state index contributed by atoms with van der Waals surface area (Å²) in [5, 5.41) is 4.94. The molecule has 1 N–H and O–H groups in total. The van der Waals surface area contributed by atoms with Crippen LogP contribution in [0.5, 0.6) is 5.75 Å². The average Bonchev–Trinajstić information content (AvgIpc) is 2.69. The van der Waals surface area contributed by atoms with Gasteiger partial charge in [0.25, 0.3) is 5.91 Å². The van der Waals surface area contributed by atoms with Gasteiger partial charge in [0, 0.05) is 15.6 Å². The van der Waals surface area contributed by atoms with Gasteiger partial charge in [-0.2, -0.15) is 5.10 Å². The number of rotatable bonds is 5. The second-order valence-corrected chi connectivity index (χ2v) is 7.54. The molecule has 0 aliphatic carbocycles. The number of nitrogens with zero attached hydrogens (tertiary/aromatic N) is 1. The Bertz CT molecular complexity index is 1150. The Hall–Kier alpha value is -2.86. The van der Waals surface area contributed by atoms with Crippen molar-refractivity contribution < 1.29 is 14.3 Å². The molecule has 152 valence electrons. The van der Waals surface area contributed by atoms with Crippen LogP contribution in [-0.4, -0.2) is 18.1 Å². The van der Waals surface area contributed by atoms with E-state index in [4.69, 9.17) is 39.5 Å². The molecule has 3 aromatic rings. The van der Waals surface area contributed by atoms with E-state index in [1.807, 2.05) is 13.0 Å².